The number of ether oxygens (including phenoxy) is 1. The van der Waals surface area contributed by atoms with E-state index in [1.54, 1.807) is 6.07 Å². The van der Waals surface area contributed by atoms with Crippen LogP contribution in [0.3, 0.4) is 0 Å². The molecule has 1 unspecified atom stereocenters. The molecule has 1 aliphatic rings. The number of morpholine rings is 1. The van der Waals surface area contributed by atoms with E-state index in [1.807, 2.05) is 17.0 Å². The van der Waals surface area contributed by atoms with E-state index in [0.29, 0.717) is 48.0 Å². The molecule has 1 fully saturated rings. The number of hydrogen-bond donors (Lipinski definition) is 0. The topological polar surface area (TPSA) is 29.5 Å². The molecular weight excluding hydrogens is 405 g/mol. The number of benzene rings is 2. The summed E-state index contributed by atoms with van der Waals surface area (Å²) in [6.07, 6.45) is 0.227. The van der Waals surface area contributed by atoms with Gasteiger partial charge < -0.3 is 9.64 Å². The van der Waals surface area contributed by atoms with Gasteiger partial charge in [0.1, 0.15) is 6.10 Å². The molecule has 3 rings (SSSR count). The second kappa shape index (κ2) is 9.51. The summed E-state index contributed by atoms with van der Waals surface area (Å²) in [7, 11) is 0. The lowest BCUT2D eigenvalue weighted by Crippen LogP contribution is -2.43. The largest absolute Gasteiger partial charge is 0.370 e. The Hall–Kier alpha value is -1.55. The van der Waals surface area contributed by atoms with E-state index in [2.05, 4.69) is 45.9 Å². The van der Waals surface area contributed by atoms with Gasteiger partial charge in [0.2, 0.25) is 5.91 Å². The third-order valence-corrected chi connectivity index (χ3v) is 6.20. The molecule has 5 heteroatoms. The Morgan fingerprint density at radius 1 is 1.03 bits per heavy atom. The van der Waals surface area contributed by atoms with Crippen LogP contribution in [0, 0.1) is 0 Å². The fraction of sp³-hybridized carbons (Fsp3) is 0.458. The Morgan fingerprint density at radius 3 is 2.28 bits per heavy atom. The molecule has 0 aromatic heterocycles. The number of amides is 1. The van der Waals surface area contributed by atoms with Crippen molar-refractivity contribution in [1.29, 1.82) is 0 Å². The molecule has 1 saturated heterocycles. The van der Waals surface area contributed by atoms with E-state index in [9.17, 15) is 4.79 Å². The highest BCUT2D eigenvalue weighted by atomic mass is 35.5. The van der Waals surface area contributed by atoms with Gasteiger partial charge in [0.15, 0.2) is 0 Å². The van der Waals surface area contributed by atoms with E-state index in [4.69, 9.17) is 27.9 Å². The fourth-order valence-corrected chi connectivity index (χ4v) is 3.90. The van der Waals surface area contributed by atoms with Crippen molar-refractivity contribution in [3.63, 3.8) is 0 Å². The van der Waals surface area contributed by atoms with Gasteiger partial charge in [0.05, 0.1) is 29.6 Å². The second-order valence-electron chi connectivity index (χ2n) is 8.37. The Balaban J connectivity index is 1.74. The van der Waals surface area contributed by atoms with Gasteiger partial charge in [0, 0.05) is 6.54 Å². The summed E-state index contributed by atoms with van der Waals surface area (Å²) in [5, 5.41) is 1.02. The summed E-state index contributed by atoms with van der Waals surface area (Å²) in [4.78, 5) is 14.9. The third-order valence-electron chi connectivity index (χ3n) is 5.46. The minimum absolute atomic E-state index is 0.133. The van der Waals surface area contributed by atoms with Gasteiger partial charge in [-0.05, 0) is 46.2 Å². The molecule has 2 aromatic rings. The van der Waals surface area contributed by atoms with Crippen molar-refractivity contribution in [3.8, 4) is 0 Å². The maximum absolute atomic E-state index is 13.1. The van der Waals surface area contributed by atoms with Gasteiger partial charge in [-0.25, -0.2) is 0 Å². The summed E-state index contributed by atoms with van der Waals surface area (Å²) in [6, 6.07) is 12.1. The molecule has 0 N–H and O–H groups in total. The van der Waals surface area contributed by atoms with Crippen molar-refractivity contribution in [2.45, 2.75) is 52.1 Å². The highest BCUT2D eigenvalue weighted by molar-refractivity contribution is 6.42. The smallest absolute Gasteiger partial charge is 0.227 e. The van der Waals surface area contributed by atoms with E-state index in [-0.39, 0.29) is 12.0 Å². The number of nitrogens with zero attached hydrogens (tertiary/aromatic N) is 1. The summed E-state index contributed by atoms with van der Waals surface area (Å²) in [5.74, 6) is 1.00. The fourth-order valence-electron chi connectivity index (χ4n) is 3.59. The maximum Gasteiger partial charge on any atom is 0.227 e. The first-order valence-electron chi connectivity index (χ1n) is 10.2. The first-order chi connectivity index (χ1) is 13.7. The molecule has 0 aliphatic carbocycles. The molecule has 1 amide bonds. The Labute approximate surface area is 184 Å². The molecule has 1 aliphatic heterocycles. The first-order valence-corrected chi connectivity index (χ1v) is 11.0. The van der Waals surface area contributed by atoms with Gasteiger partial charge in [0.25, 0.3) is 0 Å². The molecular formula is C24H29Cl2NO2. The van der Waals surface area contributed by atoms with Gasteiger partial charge in [-0.1, -0.05) is 75.2 Å². The Kier molecular flexibility index (Phi) is 7.26. The van der Waals surface area contributed by atoms with Crippen molar-refractivity contribution in [1.82, 2.24) is 4.90 Å². The van der Waals surface area contributed by atoms with Crippen molar-refractivity contribution in [2.24, 2.45) is 0 Å². The van der Waals surface area contributed by atoms with Gasteiger partial charge in [-0.3, -0.25) is 4.79 Å². The quantitative estimate of drug-likeness (QED) is 0.546. The standard InChI is InChI=1S/C24H29Cl2NO2/c1-15(2)19-9-17(10-20(12-19)16(3)4)11-24(28)27-7-8-29-23(14-27)18-5-6-21(25)22(26)13-18/h5-6,9-10,12-13,15-16,23H,7-8,11,14H2,1-4H3. The highest BCUT2D eigenvalue weighted by Crippen LogP contribution is 2.29. The van der Waals surface area contributed by atoms with Crippen molar-refractivity contribution in [2.75, 3.05) is 19.7 Å². The van der Waals surface area contributed by atoms with Crippen LogP contribution in [0.4, 0.5) is 0 Å². The Morgan fingerprint density at radius 2 is 1.69 bits per heavy atom. The molecule has 0 spiro atoms. The normalized spacial score (nSPS) is 17.2. The lowest BCUT2D eigenvalue weighted by atomic mass is 9.92. The maximum atomic E-state index is 13.1. The summed E-state index contributed by atoms with van der Waals surface area (Å²) in [6.45, 7) is 10.4. The molecule has 29 heavy (non-hydrogen) atoms. The van der Waals surface area contributed by atoms with Crippen LogP contribution in [0.15, 0.2) is 36.4 Å². The average molecular weight is 434 g/mol. The van der Waals surface area contributed by atoms with E-state index < -0.39 is 0 Å². The molecule has 3 nitrogen and oxygen atoms in total. The number of rotatable bonds is 5. The first kappa shape index (κ1) is 22.1. The van der Waals surface area contributed by atoms with E-state index in [0.717, 1.165) is 11.1 Å². The zero-order chi connectivity index (χ0) is 21.1. The lowest BCUT2D eigenvalue weighted by molar-refractivity contribution is -0.138. The van der Waals surface area contributed by atoms with Gasteiger partial charge in [-0.2, -0.15) is 0 Å². The molecule has 0 radical (unpaired) electrons. The van der Waals surface area contributed by atoms with E-state index in [1.165, 1.54) is 11.1 Å². The van der Waals surface area contributed by atoms with Crippen LogP contribution in [0.1, 0.15) is 67.9 Å². The van der Waals surface area contributed by atoms with Crippen molar-refractivity contribution < 1.29 is 9.53 Å². The van der Waals surface area contributed by atoms with E-state index >= 15 is 0 Å². The molecule has 0 saturated carbocycles. The molecule has 1 heterocycles. The highest BCUT2D eigenvalue weighted by Gasteiger charge is 2.26. The molecule has 0 bridgehead atoms. The summed E-state index contributed by atoms with van der Waals surface area (Å²) in [5.41, 5.74) is 4.60. The minimum Gasteiger partial charge on any atom is -0.370 e. The SMILES string of the molecule is CC(C)c1cc(CC(=O)N2CCOC(c3ccc(Cl)c(Cl)c3)C2)cc(C(C)C)c1. The summed E-state index contributed by atoms with van der Waals surface area (Å²) < 4.78 is 5.90. The number of carbonyl (C=O) groups excluding carboxylic acids is 1. The van der Waals surface area contributed by atoms with Crippen molar-refractivity contribution >= 4 is 29.1 Å². The van der Waals surface area contributed by atoms with Crippen LogP contribution >= 0.6 is 23.2 Å². The molecule has 2 aromatic carbocycles. The molecule has 156 valence electrons. The van der Waals surface area contributed by atoms with Crippen LogP contribution in [-0.4, -0.2) is 30.5 Å². The van der Waals surface area contributed by atoms with Gasteiger partial charge >= 0.3 is 0 Å². The van der Waals surface area contributed by atoms with Crippen molar-refractivity contribution in [3.05, 3.63) is 68.7 Å². The summed E-state index contributed by atoms with van der Waals surface area (Å²) >= 11 is 12.2. The predicted octanol–water partition coefficient (Wildman–Crippen LogP) is 6.38. The monoisotopic (exact) mass is 433 g/mol. The zero-order valence-corrected chi connectivity index (χ0v) is 19.1. The predicted molar refractivity (Wildman–Crippen MR) is 120 cm³/mol. The number of carbonyl (C=O) groups is 1. The van der Waals surface area contributed by atoms with Crippen LogP contribution < -0.4 is 0 Å². The average Bonchev–Trinajstić information content (AvgIpc) is 2.69. The van der Waals surface area contributed by atoms with Crippen LogP contribution in [-0.2, 0) is 16.0 Å². The van der Waals surface area contributed by atoms with Crippen LogP contribution in [0.25, 0.3) is 0 Å². The lowest BCUT2D eigenvalue weighted by Gasteiger charge is -2.33. The third kappa shape index (κ3) is 5.53. The van der Waals surface area contributed by atoms with Gasteiger partial charge in [-0.15, -0.1) is 0 Å². The second-order valence-corrected chi connectivity index (χ2v) is 9.18. The Bertz CT molecular complexity index is 853. The van der Waals surface area contributed by atoms with Crippen LogP contribution in [0.5, 0.6) is 0 Å². The number of halogens is 2. The molecule has 1 atom stereocenters. The van der Waals surface area contributed by atoms with Crippen LogP contribution in [0.2, 0.25) is 10.0 Å². The minimum atomic E-state index is -0.185. The number of hydrogen-bond acceptors (Lipinski definition) is 2. The zero-order valence-electron chi connectivity index (χ0n) is 17.5.